The summed E-state index contributed by atoms with van der Waals surface area (Å²) in [7, 11) is 0. The first-order chi connectivity index (χ1) is 12.9. The van der Waals surface area contributed by atoms with Crippen molar-refractivity contribution >= 4 is 22.8 Å². The van der Waals surface area contributed by atoms with Gasteiger partial charge >= 0.3 is 0 Å². The summed E-state index contributed by atoms with van der Waals surface area (Å²) in [6.45, 7) is 3.02. The second-order valence-corrected chi connectivity index (χ2v) is 6.03. The summed E-state index contributed by atoms with van der Waals surface area (Å²) in [5.74, 6) is 0.0302. The van der Waals surface area contributed by atoms with Crippen LogP contribution in [0.5, 0.6) is 5.75 Å². The molecule has 0 radical (unpaired) electrons. The van der Waals surface area contributed by atoms with Gasteiger partial charge in [0, 0.05) is 11.5 Å². The highest BCUT2D eigenvalue weighted by Crippen LogP contribution is 2.29. The second kappa shape index (κ2) is 7.50. The largest absolute Gasteiger partial charge is 0.486 e. The van der Waals surface area contributed by atoms with Crippen LogP contribution in [0, 0.1) is 13.8 Å². The summed E-state index contributed by atoms with van der Waals surface area (Å²) in [4.78, 5) is 23.8. The van der Waals surface area contributed by atoms with Crippen LogP contribution in [0.4, 0.5) is 0 Å². The van der Waals surface area contributed by atoms with Gasteiger partial charge in [0.05, 0.1) is 17.9 Å². The number of nitrogens with one attached hydrogen (secondary N) is 1. The van der Waals surface area contributed by atoms with E-state index in [9.17, 15) is 14.7 Å². The molecule has 2 aromatic heterocycles. The highest BCUT2D eigenvalue weighted by atomic mass is 16.5. The molecule has 0 unspecified atom stereocenters. The van der Waals surface area contributed by atoms with E-state index in [1.807, 2.05) is 6.92 Å². The first-order valence-electron chi connectivity index (χ1n) is 8.18. The lowest BCUT2D eigenvalue weighted by atomic mass is 10.1. The molecule has 27 heavy (non-hydrogen) atoms. The van der Waals surface area contributed by atoms with Crippen LogP contribution in [0.3, 0.4) is 0 Å². The van der Waals surface area contributed by atoms with Crippen LogP contribution >= 0.6 is 0 Å². The Bertz CT molecular complexity index is 990. The fourth-order valence-corrected chi connectivity index (χ4v) is 2.65. The van der Waals surface area contributed by atoms with Crippen LogP contribution in [-0.2, 0) is 11.4 Å². The number of nitrogens with zero attached hydrogens (tertiary/aromatic N) is 1. The number of amides is 2. The van der Waals surface area contributed by atoms with E-state index in [2.05, 4.69) is 10.5 Å². The minimum absolute atomic E-state index is 0.180. The fraction of sp³-hybridized carbons (Fsp3) is 0.278. The molecule has 0 saturated carbocycles. The van der Waals surface area contributed by atoms with Gasteiger partial charge in [0.1, 0.15) is 29.7 Å². The molecule has 3 aromatic rings. The number of fused-ring (bicyclic) bond motifs is 1. The molecule has 0 spiro atoms. The fourth-order valence-electron chi connectivity index (χ4n) is 2.65. The van der Waals surface area contributed by atoms with Crippen LogP contribution < -0.4 is 15.8 Å². The Kier molecular flexibility index (Phi) is 5.13. The zero-order valence-corrected chi connectivity index (χ0v) is 14.8. The zero-order valence-electron chi connectivity index (χ0n) is 14.8. The molecule has 0 bridgehead atoms. The molecular weight excluding hydrogens is 354 g/mol. The van der Waals surface area contributed by atoms with Gasteiger partial charge in [-0.15, -0.1) is 0 Å². The Morgan fingerprint density at radius 2 is 2.11 bits per heavy atom. The highest BCUT2D eigenvalue weighted by Gasteiger charge is 2.23. The number of aryl methyl sites for hydroxylation is 2. The summed E-state index contributed by atoms with van der Waals surface area (Å²) in [6, 6.07) is 5.62. The number of carbonyl (C=O) groups is 2. The average molecular weight is 373 g/mol. The lowest BCUT2D eigenvalue weighted by Crippen LogP contribution is -2.46. The van der Waals surface area contributed by atoms with Gasteiger partial charge in [-0.3, -0.25) is 9.59 Å². The van der Waals surface area contributed by atoms with Gasteiger partial charge < -0.3 is 29.8 Å². The smallest absolute Gasteiger partial charge is 0.256 e. The number of hydrogen-bond donors (Lipinski definition) is 3. The number of benzene rings is 1. The van der Waals surface area contributed by atoms with Crippen LogP contribution in [0.1, 0.15) is 27.6 Å². The summed E-state index contributed by atoms with van der Waals surface area (Å²) >= 11 is 0. The van der Waals surface area contributed by atoms with Crippen molar-refractivity contribution in [1.29, 1.82) is 0 Å². The normalized spacial score (nSPS) is 12.1. The van der Waals surface area contributed by atoms with Crippen molar-refractivity contribution in [2.75, 3.05) is 6.61 Å². The van der Waals surface area contributed by atoms with E-state index in [1.54, 1.807) is 31.2 Å². The van der Waals surface area contributed by atoms with Gasteiger partial charge in [-0.05, 0) is 32.0 Å². The van der Waals surface area contributed by atoms with Gasteiger partial charge in [0.15, 0.2) is 5.76 Å². The third-order valence-electron chi connectivity index (χ3n) is 3.95. The SMILES string of the molecule is Cc1cc(COc2ccc3oc(C)c(C(=O)N[C@@H](CO)C(N)=O)c3c2)on1. The summed E-state index contributed by atoms with van der Waals surface area (Å²) in [5, 5.41) is 15.9. The topological polar surface area (TPSA) is 141 Å². The molecule has 1 aromatic carbocycles. The molecule has 0 aliphatic heterocycles. The number of hydrogen-bond acceptors (Lipinski definition) is 7. The third kappa shape index (κ3) is 3.93. The Labute approximate surface area is 154 Å². The van der Waals surface area contributed by atoms with Crippen LogP contribution in [-0.4, -0.2) is 34.7 Å². The zero-order chi connectivity index (χ0) is 19.6. The monoisotopic (exact) mass is 373 g/mol. The van der Waals surface area contributed by atoms with E-state index in [0.717, 1.165) is 5.69 Å². The number of carbonyl (C=O) groups excluding carboxylic acids is 2. The number of ether oxygens (including phenoxy) is 1. The number of aliphatic hydroxyl groups is 1. The molecule has 0 fully saturated rings. The van der Waals surface area contributed by atoms with E-state index in [4.69, 9.17) is 19.4 Å². The van der Waals surface area contributed by atoms with E-state index in [-0.39, 0.29) is 12.2 Å². The van der Waals surface area contributed by atoms with Crippen molar-refractivity contribution < 1.29 is 28.4 Å². The molecule has 2 amide bonds. The number of furan rings is 1. The molecule has 4 N–H and O–H groups in total. The third-order valence-corrected chi connectivity index (χ3v) is 3.95. The maximum absolute atomic E-state index is 12.6. The molecule has 9 nitrogen and oxygen atoms in total. The summed E-state index contributed by atoms with van der Waals surface area (Å²) in [6.07, 6.45) is 0. The maximum atomic E-state index is 12.6. The number of aromatic nitrogens is 1. The van der Waals surface area contributed by atoms with E-state index >= 15 is 0 Å². The van der Waals surface area contributed by atoms with Gasteiger partial charge in [0.2, 0.25) is 5.91 Å². The lowest BCUT2D eigenvalue weighted by Gasteiger charge is -2.12. The van der Waals surface area contributed by atoms with Crippen molar-refractivity contribution in [3.63, 3.8) is 0 Å². The predicted octanol–water partition coefficient (Wildman–Crippen LogP) is 1.19. The van der Waals surface area contributed by atoms with E-state index in [0.29, 0.717) is 28.2 Å². The number of rotatable bonds is 7. The van der Waals surface area contributed by atoms with Gasteiger partial charge in [-0.25, -0.2) is 0 Å². The quantitative estimate of drug-likeness (QED) is 0.565. The Balaban J connectivity index is 1.85. The summed E-state index contributed by atoms with van der Waals surface area (Å²) < 4.78 is 16.4. The Hall–Kier alpha value is -3.33. The number of aliphatic hydroxyl groups excluding tert-OH is 1. The van der Waals surface area contributed by atoms with Crippen molar-refractivity contribution in [1.82, 2.24) is 10.5 Å². The summed E-state index contributed by atoms with van der Waals surface area (Å²) in [5.41, 5.74) is 6.63. The molecule has 9 heteroatoms. The van der Waals surface area contributed by atoms with Crippen LogP contribution in [0.25, 0.3) is 11.0 Å². The van der Waals surface area contributed by atoms with Crippen molar-refractivity contribution in [3.05, 3.63) is 47.0 Å². The van der Waals surface area contributed by atoms with Gasteiger partial charge in [-0.2, -0.15) is 0 Å². The first-order valence-corrected chi connectivity index (χ1v) is 8.18. The standard InChI is InChI=1S/C18H19N3O6/c1-9-5-12(27-21-9)8-25-11-3-4-15-13(6-11)16(10(2)26-15)18(24)20-14(7-22)17(19)23/h3-6,14,22H,7-8H2,1-2H3,(H2,19,23)(H,20,24)/t14-/m0/s1. The molecule has 3 rings (SSSR count). The van der Waals surface area contributed by atoms with E-state index < -0.39 is 24.5 Å². The first kappa shape index (κ1) is 18.5. The minimum atomic E-state index is -1.18. The molecule has 0 aliphatic carbocycles. The number of primary amides is 1. The number of nitrogens with two attached hydrogens (primary N) is 1. The van der Waals surface area contributed by atoms with Gasteiger partial charge in [-0.1, -0.05) is 5.16 Å². The molecule has 1 atom stereocenters. The minimum Gasteiger partial charge on any atom is -0.486 e. The lowest BCUT2D eigenvalue weighted by molar-refractivity contribution is -0.120. The van der Waals surface area contributed by atoms with Crippen LogP contribution in [0.2, 0.25) is 0 Å². The Morgan fingerprint density at radius 3 is 2.74 bits per heavy atom. The second-order valence-electron chi connectivity index (χ2n) is 6.03. The van der Waals surface area contributed by atoms with E-state index in [1.165, 1.54) is 0 Å². The Morgan fingerprint density at radius 1 is 1.33 bits per heavy atom. The highest BCUT2D eigenvalue weighted by molar-refractivity contribution is 6.08. The van der Waals surface area contributed by atoms with Crippen molar-refractivity contribution in [2.24, 2.45) is 5.73 Å². The molecule has 0 aliphatic rings. The van der Waals surface area contributed by atoms with Crippen molar-refractivity contribution in [2.45, 2.75) is 26.5 Å². The molecule has 0 saturated heterocycles. The molecular formula is C18H19N3O6. The molecule has 142 valence electrons. The van der Waals surface area contributed by atoms with Crippen LogP contribution in [0.15, 0.2) is 33.2 Å². The van der Waals surface area contributed by atoms with Crippen molar-refractivity contribution in [3.8, 4) is 5.75 Å². The van der Waals surface area contributed by atoms with Gasteiger partial charge in [0.25, 0.3) is 5.91 Å². The predicted molar refractivity (Wildman–Crippen MR) is 94.1 cm³/mol. The maximum Gasteiger partial charge on any atom is 0.256 e. The average Bonchev–Trinajstić information content (AvgIpc) is 3.19. The molecule has 2 heterocycles.